The molecule has 2 heterocycles. The van der Waals surface area contributed by atoms with E-state index in [1.807, 2.05) is 0 Å². The van der Waals surface area contributed by atoms with Crippen LogP contribution in [-0.2, 0) is 18.4 Å². The largest absolute Gasteiger partial charge is 0.593 e. The molecule has 0 aliphatic rings. The first-order valence-electron chi connectivity index (χ1n) is 8.77. The minimum absolute atomic E-state index is 0.169. The topological polar surface area (TPSA) is 79.5 Å². The molecule has 0 radical (unpaired) electrons. The summed E-state index contributed by atoms with van der Waals surface area (Å²) in [5.74, 6) is -1.51. The maximum atomic E-state index is 14.2. The number of ether oxygens (including phenoxy) is 1. The van der Waals surface area contributed by atoms with Crippen molar-refractivity contribution in [2.45, 2.75) is 0 Å². The second-order valence-corrected chi connectivity index (χ2v) is 7.68. The lowest BCUT2D eigenvalue weighted by Gasteiger charge is -2.15. The average molecular weight is 430 g/mol. The van der Waals surface area contributed by atoms with Crippen LogP contribution in [0.3, 0.4) is 0 Å². The van der Waals surface area contributed by atoms with Crippen LogP contribution in [0, 0.1) is 11.6 Å². The summed E-state index contributed by atoms with van der Waals surface area (Å²) in [7, 11) is 1.60. The lowest BCUT2D eigenvalue weighted by atomic mass is 10.0. The number of hydrogen-bond donors (Lipinski definition) is 1. The Bertz CT molecular complexity index is 1300. The van der Waals surface area contributed by atoms with Gasteiger partial charge in [-0.1, -0.05) is 0 Å². The highest BCUT2D eigenvalue weighted by molar-refractivity contribution is 7.92. The molecule has 4 aromatic rings. The van der Waals surface area contributed by atoms with Crippen molar-refractivity contribution in [3.8, 4) is 22.6 Å². The zero-order valence-electron chi connectivity index (χ0n) is 15.9. The summed E-state index contributed by atoms with van der Waals surface area (Å²) < 4.78 is 54.5. The minimum atomic E-state index is -1.33. The molecule has 9 heteroatoms. The number of anilines is 1. The molecule has 0 bridgehead atoms. The Balaban J connectivity index is 1.91. The van der Waals surface area contributed by atoms with Gasteiger partial charge in [-0.15, -0.1) is 0 Å². The number of nitrogens with zero attached hydrogens (tertiary/aromatic N) is 1. The quantitative estimate of drug-likeness (QED) is 0.469. The molecule has 4 rings (SSSR count). The normalized spacial score (nSPS) is 12.2. The second kappa shape index (κ2) is 7.85. The zero-order valence-corrected chi connectivity index (χ0v) is 16.8. The van der Waals surface area contributed by atoms with Crippen molar-refractivity contribution in [2.75, 3.05) is 11.0 Å². The van der Waals surface area contributed by atoms with Crippen molar-refractivity contribution >= 4 is 28.0 Å². The number of hydrogen-bond acceptors (Lipinski definition) is 5. The van der Waals surface area contributed by atoms with Crippen LogP contribution < -0.4 is 15.0 Å². The van der Waals surface area contributed by atoms with Crippen LogP contribution in [0.15, 0.2) is 64.1 Å². The third kappa shape index (κ3) is 3.77. The summed E-state index contributed by atoms with van der Waals surface area (Å²) >= 11 is -1.33. The molecule has 30 heavy (non-hydrogen) atoms. The molecule has 0 saturated heterocycles. The van der Waals surface area contributed by atoms with E-state index in [4.69, 9.17) is 9.15 Å². The number of halogens is 2. The molecular formula is C21H16F2N2O4S. The van der Waals surface area contributed by atoms with E-state index in [0.29, 0.717) is 27.8 Å². The van der Waals surface area contributed by atoms with Crippen LogP contribution in [0.4, 0.5) is 14.5 Å². The third-order valence-electron chi connectivity index (χ3n) is 4.43. The molecule has 6 nitrogen and oxygen atoms in total. The van der Waals surface area contributed by atoms with Crippen molar-refractivity contribution in [3.05, 3.63) is 76.9 Å². The van der Waals surface area contributed by atoms with E-state index in [9.17, 15) is 18.1 Å². The van der Waals surface area contributed by atoms with Crippen molar-refractivity contribution in [1.29, 1.82) is 0 Å². The van der Waals surface area contributed by atoms with Gasteiger partial charge in [0.15, 0.2) is 11.6 Å². The fraction of sp³-hybridized carbons (Fsp3) is 0.0952. The van der Waals surface area contributed by atoms with Gasteiger partial charge < -0.3 is 18.3 Å². The molecule has 0 aliphatic heterocycles. The standard InChI is InChI=1S/C21H16F2N2O4S/c1-25-11-16(20-14(21(25)26)7-8-28-20)15-10-13(24-30(2)27)4-6-18(15)29-19-5-3-12(22)9-17(19)23/h3-11,24H,1-2H3. The summed E-state index contributed by atoms with van der Waals surface area (Å²) in [6.45, 7) is 0. The Hall–Kier alpha value is -3.30. The van der Waals surface area contributed by atoms with Gasteiger partial charge in [-0.25, -0.2) is 13.5 Å². The summed E-state index contributed by atoms with van der Waals surface area (Å²) in [6, 6.07) is 9.39. The lowest BCUT2D eigenvalue weighted by Crippen LogP contribution is -2.15. The van der Waals surface area contributed by atoms with E-state index < -0.39 is 23.0 Å². The van der Waals surface area contributed by atoms with Crippen LogP contribution in [0.25, 0.3) is 22.1 Å². The molecule has 2 aromatic carbocycles. The number of pyridine rings is 1. The number of aryl methyl sites for hydroxylation is 1. The Kier molecular flexibility index (Phi) is 5.23. The zero-order chi connectivity index (χ0) is 21.4. The number of aromatic nitrogens is 1. The number of rotatable bonds is 5. The summed E-state index contributed by atoms with van der Waals surface area (Å²) in [4.78, 5) is 12.4. The first-order valence-corrected chi connectivity index (χ1v) is 10.3. The maximum absolute atomic E-state index is 14.2. The Morgan fingerprint density at radius 3 is 2.60 bits per heavy atom. The highest BCUT2D eigenvalue weighted by Crippen LogP contribution is 2.39. The van der Waals surface area contributed by atoms with E-state index in [0.717, 1.165) is 12.1 Å². The molecule has 0 saturated carbocycles. The van der Waals surface area contributed by atoms with Crippen LogP contribution in [0.1, 0.15) is 0 Å². The SMILES string of the molecule is Cn1cc(-c2cc(N[S+](C)[O-])ccc2Oc2ccc(F)cc2F)c2occc2c1=O. The van der Waals surface area contributed by atoms with Crippen LogP contribution >= 0.6 is 0 Å². The average Bonchev–Trinajstić information content (AvgIpc) is 3.18. The second-order valence-electron chi connectivity index (χ2n) is 6.57. The molecular weight excluding hydrogens is 414 g/mol. The molecule has 1 unspecified atom stereocenters. The first-order chi connectivity index (χ1) is 14.3. The van der Waals surface area contributed by atoms with Gasteiger partial charge in [-0.3, -0.25) is 4.79 Å². The van der Waals surface area contributed by atoms with E-state index in [1.165, 1.54) is 23.2 Å². The molecule has 154 valence electrons. The Labute approximate surface area is 173 Å². The minimum Gasteiger partial charge on any atom is -0.593 e. The Morgan fingerprint density at radius 1 is 1.10 bits per heavy atom. The maximum Gasteiger partial charge on any atom is 0.261 e. The van der Waals surface area contributed by atoms with Gasteiger partial charge in [0, 0.05) is 30.4 Å². The Morgan fingerprint density at radius 2 is 1.87 bits per heavy atom. The molecule has 1 atom stereocenters. The van der Waals surface area contributed by atoms with Crippen molar-refractivity contribution in [2.24, 2.45) is 7.05 Å². The van der Waals surface area contributed by atoms with Crippen molar-refractivity contribution in [3.63, 3.8) is 0 Å². The molecule has 0 fully saturated rings. The number of fused-ring (bicyclic) bond motifs is 1. The van der Waals surface area contributed by atoms with Crippen LogP contribution in [0.2, 0.25) is 0 Å². The third-order valence-corrected chi connectivity index (χ3v) is 4.95. The molecule has 0 spiro atoms. The fourth-order valence-electron chi connectivity index (χ4n) is 3.11. The van der Waals surface area contributed by atoms with Gasteiger partial charge in [0.05, 0.1) is 28.7 Å². The van der Waals surface area contributed by atoms with E-state index in [2.05, 4.69) is 4.72 Å². The summed E-state index contributed by atoms with van der Waals surface area (Å²) in [5, 5.41) is 0.367. The predicted molar refractivity (Wildman–Crippen MR) is 111 cm³/mol. The number of nitrogens with one attached hydrogen (secondary N) is 1. The number of furan rings is 1. The summed E-state index contributed by atoms with van der Waals surface area (Å²) in [6.07, 6.45) is 4.46. The smallest absolute Gasteiger partial charge is 0.261 e. The lowest BCUT2D eigenvalue weighted by molar-refractivity contribution is 0.439. The number of benzene rings is 2. The van der Waals surface area contributed by atoms with Gasteiger partial charge in [-0.2, -0.15) is 0 Å². The van der Waals surface area contributed by atoms with Crippen molar-refractivity contribution < 1.29 is 22.5 Å². The van der Waals surface area contributed by atoms with E-state index in [1.54, 1.807) is 37.5 Å². The predicted octanol–water partition coefficient (Wildman–Crippen LogP) is 4.57. The van der Waals surface area contributed by atoms with Crippen LogP contribution in [-0.4, -0.2) is 15.4 Å². The van der Waals surface area contributed by atoms with E-state index in [-0.39, 0.29) is 17.1 Å². The monoisotopic (exact) mass is 430 g/mol. The highest BCUT2D eigenvalue weighted by Gasteiger charge is 2.18. The van der Waals surface area contributed by atoms with Gasteiger partial charge in [-0.05, 0) is 36.4 Å². The first kappa shape index (κ1) is 20.0. The molecule has 1 N–H and O–H groups in total. The van der Waals surface area contributed by atoms with Crippen molar-refractivity contribution in [1.82, 2.24) is 4.57 Å². The van der Waals surface area contributed by atoms with Gasteiger partial charge in [0.2, 0.25) is 0 Å². The fourth-order valence-corrected chi connectivity index (χ4v) is 3.57. The summed E-state index contributed by atoms with van der Waals surface area (Å²) in [5.41, 5.74) is 1.59. The van der Waals surface area contributed by atoms with Crippen LogP contribution in [0.5, 0.6) is 11.5 Å². The van der Waals surface area contributed by atoms with Gasteiger partial charge >= 0.3 is 0 Å². The van der Waals surface area contributed by atoms with Gasteiger partial charge in [0.1, 0.15) is 23.4 Å². The molecule has 2 aromatic heterocycles. The van der Waals surface area contributed by atoms with E-state index >= 15 is 0 Å². The molecule has 0 amide bonds. The van der Waals surface area contributed by atoms with Gasteiger partial charge in [0.25, 0.3) is 5.56 Å². The highest BCUT2D eigenvalue weighted by atomic mass is 32.2. The molecule has 0 aliphatic carbocycles.